The molecule has 0 atom stereocenters. The van der Waals surface area contributed by atoms with Gasteiger partial charge in [0.25, 0.3) is 0 Å². The molecule has 0 radical (unpaired) electrons. The van der Waals surface area contributed by atoms with Crippen LogP contribution in [0.5, 0.6) is 0 Å². The second kappa shape index (κ2) is 16.5. The molecule has 0 aliphatic carbocycles. The average Bonchev–Trinajstić information content (AvgIpc) is 2.91. The fourth-order valence-electron chi connectivity index (χ4n) is 3.77. The van der Waals surface area contributed by atoms with Crippen molar-refractivity contribution in [3.63, 3.8) is 0 Å². The van der Waals surface area contributed by atoms with E-state index in [1.807, 2.05) is 11.3 Å². The van der Waals surface area contributed by atoms with Crippen LogP contribution in [0.4, 0.5) is 0 Å². The number of hydrogen-bond acceptors (Lipinski definition) is 1. The SMILES string of the molecule is Cc1sccc1[Si](C(C)C)(C(C)C)C(C)C.[C-]#[O+].[C-]#[O+].[C-]#[O+].[Cr]. The minimum atomic E-state index is -1.39. The van der Waals surface area contributed by atoms with Gasteiger partial charge in [-0.1, -0.05) is 47.6 Å². The van der Waals surface area contributed by atoms with Crippen molar-refractivity contribution in [2.24, 2.45) is 0 Å². The van der Waals surface area contributed by atoms with E-state index in [1.54, 1.807) is 10.1 Å². The molecule has 0 aromatic carbocycles. The third-order valence-electron chi connectivity index (χ3n) is 4.19. The van der Waals surface area contributed by atoms with Crippen LogP contribution in [0.15, 0.2) is 11.4 Å². The molecule has 0 aliphatic heterocycles. The molecule has 0 saturated heterocycles. The van der Waals surface area contributed by atoms with E-state index in [9.17, 15) is 0 Å². The normalized spacial score (nSPS) is 9.39. The number of thiophene rings is 1. The molecule has 0 unspecified atom stereocenters. The number of rotatable bonds is 4. The Bertz CT molecular complexity index is 426. The molecule has 1 aromatic heterocycles. The maximum atomic E-state index is 7.50. The molecule has 0 spiro atoms. The molecule has 1 aromatic rings. The van der Waals surface area contributed by atoms with Crippen molar-refractivity contribution < 1.29 is 31.3 Å². The van der Waals surface area contributed by atoms with Crippen LogP contribution in [0.1, 0.15) is 46.4 Å². The van der Waals surface area contributed by atoms with Crippen molar-refractivity contribution in [1.82, 2.24) is 0 Å². The van der Waals surface area contributed by atoms with E-state index < -0.39 is 8.07 Å². The Morgan fingerprint density at radius 2 is 1.13 bits per heavy atom. The van der Waals surface area contributed by atoms with Crippen molar-refractivity contribution in [2.45, 2.75) is 65.1 Å². The van der Waals surface area contributed by atoms with Crippen molar-refractivity contribution >= 4 is 24.6 Å². The maximum absolute atomic E-state index is 7.50. The Balaban J connectivity index is -0.000000231. The summed E-state index contributed by atoms with van der Waals surface area (Å²) in [5, 5.41) is 4.00. The van der Waals surface area contributed by atoms with E-state index in [1.165, 1.54) is 0 Å². The summed E-state index contributed by atoms with van der Waals surface area (Å²) in [6.07, 6.45) is 0. The van der Waals surface area contributed by atoms with Crippen molar-refractivity contribution in [1.29, 1.82) is 0 Å². The van der Waals surface area contributed by atoms with E-state index in [0.717, 1.165) is 16.6 Å². The molecule has 1 heterocycles. The quantitative estimate of drug-likeness (QED) is 0.402. The molecular formula is C17H26CrO3SSi. The van der Waals surface area contributed by atoms with Gasteiger partial charge in [-0.25, -0.2) is 0 Å². The third kappa shape index (κ3) is 7.40. The zero-order chi connectivity index (χ0) is 18.5. The number of hydrogen-bond donors (Lipinski definition) is 0. The smallest absolute Gasteiger partial charge is 0 e. The topological polar surface area (TPSA) is 59.7 Å². The van der Waals surface area contributed by atoms with Gasteiger partial charge < -0.3 is 0 Å². The number of aryl methyl sites for hydroxylation is 1. The van der Waals surface area contributed by atoms with Crippen molar-refractivity contribution in [2.75, 3.05) is 0 Å². The molecule has 0 bridgehead atoms. The summed E-state index contributed by atoms with van der Waals surface area (Å²) in [5.74, 6) is 0. The summed E-state index contributed by atoms with van der Waals surface area (Å²) in [7, 11) is -1.39. The van der Waals surface area contributed by atoms with Crippen LogP contribution in [0.2, 0.25) is 16.6 Å². The standard InChI is InChI=1S/C14H26SSi.3CO.Cr/c1-10(2)16(11(3)4,12(5)6)14-8-9-15-13(14)7;3*1-2;/h8-12H,1-7H3;;;;. The van der Waals surface area contributed by atoms with Crippen molar-refractivity contribution in [3.8, 4) is 0 Å². The van der Waals surface area contributed by atoms with Gasteiger partial charge in [-0.3, -0.25) is 0 Å². The van der Waals surface area contributed by atoms with E-state index in [-0.39, 0.29) is 17.4 Å². The molecular weight excluding hydrogens is 364 g/mol. The monoisotopic (exact) mass is 390 g/mol. The van der Waals surface area contributed by atoms with Crippen molar-refractivity contribution in [3.05, 3.63) is 36.3 Å². The second-order valence-corrected chi connectivity index (χ2v) is 12.8. The maximum Gasteiger partial charge on any atom is 0 e. The van der Waals surface area contributed by atoms with Crippen LogP contribution in [0.3, 0.4) is 0 Å². The van der Waals surface area contributed by atoms with E-state index in [4.69, 9.17) is 14.0 Å². The first-order valence-corrected chi connectivity index (χ1v) is 10.1. The third-order valence-corrected chi connectivity index (χ3v) is 12.4. The van der Waals surface area contributed by atoms with Crippen LogP contribution in [-0.4, -0.2) is 8.07 Å². The fourth-order valence-corrected chi connectivity index (χ4v) is 12.0. The average molecular weight is 391 g/mol. The minimum Gasteiger partial charge on any atom is 0 e. The summed E-state index contributed by atoms with van der Waals surface area (Å²) in [6.45, 7) is 30.4. The van der Waals surface area contributed by atoms with Gasteiger partial charge in [0, 0.05) is 22.2 Å². The summed E-state index contributed by atoms with van der Waals surface area (Å²) in [6, 6.07) is 2.41. The van der Waals surface area contributed by atoms with Gasteiger partial charge in [-0.15, -0.1) is 11.3 Å². The van der Waals surface area contributed by atoms with Gasteiger partial charge in [0.1, 0.15) is 0 Å². The molecule has 0 amide bonds. The van der Waals surface area contributed by atoms with Crippen LogP contribution in [0, 0.1) is 26.9 Å². The van der Waals surface area contributed by atoms with E-state index in [0.29, 0.717) is 0 Å². The predicted octanol–water partition coefficient (Wildman–Crippen LogP) is 4.83. The molecule has 0 aliphatic rings. The predicted molar refractivity (Wildman–Crippen MR) is 91.5 cm³/mol. The van der Waals surface area contributed by atoms with Gasteiger partial charge in [0.15, 0.2) is 0 Å². The first-order valence-electron chi connectivity index (χ1n) is 7.00. The first kappa shape index (κ1) is 30.5. The van der Waals surface area contributed by atoms with Gasteiger partial charge in [0.05, 0.1) is 8.07 Å². The van der Waals surface area contributed by atoms with Crippen LogP contribution < -0.4 is 5.19 Å². The summed E-state index contributed by atoms with van der Waals surface area (Å²) in [5.41, 5.74) is 2.46. The molecule has 0 saturated carbocycles. The summed E-state index contributed by atoms with van der Waals surface area (Å²) in [4.78, 5) is 1.56. The Morgan fingerprint density at radius 3 is 1.30 bits per heavy atom. The molecule has 0 fully saturated rings. The van der Waals surface area contributed by atoms with Gasteiger partial charge in [-0.2, -0.15) is 0 Å². The molecule has 23 heavy (non-hydrogen) atoms. The van der Waals surface area contributed by atoms with Crippen LogP contribution in [-0.2, 0) is 31.3 Å². The fraction of sp³-hybridized carbons (Fsp3) is 0.588. The Labute approximate surface area is 157 Å². The minimum absolute atomic E-state index is 0. The molecule has 0 N–H and O–H groups in total. The largest absolute Gasteiger partial charge is 0 e. The molecule has 3 nitrogen and oxygen atoms in total. The summed E-state index contributed by atoms with van der Waals surface area (Å²) >= 11 is 1.92. The summed E-state index contributed by atoms with van der Waals surface area (Å²) < 4.78 is 22.5. The second-order valence-electron chi connectivity index (χ2n) is 5.79. The van der Waals surface area contributed by atoms with Crippen LogP contribution in [0.25, 0.3) is 0 Å². The molecule has 1 rings (SSSR count). The zero-order valence-electron chi connectivity index (χ0n) is 14.9. The van der Waals surface area contributed by atoms with Gasteiger partial charge in [0.2, 0.25) is 0 Å². The Morgan fingerprint density at radius 1 is 0.826 bits per heavy atom. The first-order chi connectivity index (χ1) is 10.3. The Hall–Kier alpha value is -0.331. The molecule has 128 valence electrons. The Kier molecular flexibility index (Phi) is 21.9. The van der Waals surface area contributed by atoms with Gasteiger partial charge in [-0.05, 0) is 34.1 Å². The zero-order valence-corrected chi connectivity index (χ0v) is 18.0. The molecule has 6 heteroatoms. The van der Waals surface area contributed by atoms with Crippen LogP contribution >= 0.6 is 11.3 Å². The van der Waals surface area contributed by atoms with E-state index >= 15 is 0 Å². The van der Waals surface area contributed by atoms with E-state index in [2.05, 4.69) is 79.9 Å². The van der Waals surface area contributed by atoms with Gasteiger partial charge >= 0.3 is 33.9 Å².